The van der Waals surface area contributed by atoms with Gasteiger partial charge in [0.25, 0.3) is 0 Å². The van der Waals surface area contributed by atoms with Crippen LogP contribution in [0.2, 0.25) is 5.02 Å². The molecule has 3 heteroatoms. The van der Waals surface area contributed by atoms with Gasteiger partial charge in [-0.25, -0.2) is 0 Å². The Kier molecular flexibility index (Phi) is 1.97. The van der Waals surface area contributed by atoms with Crippen LogP contribution in [-0.4, -0.2) is 6.54 Å². The van der Waals surface area contributed by atoms with Crippen molar-refractivity contribution in [3.63, 3.8) is 0 Å². The van der Waals surface area contributed by atoms with Crippen LogP contribution in [0.3, 0.4) is 0 Å². The van der Waals surface area contributed by atoms with Gasteiger partial charge in [0.15, 0.2) is 0 Å². The minimum atomic E-state index is -0.245. The van der Waals surface area contributed by atoms with Gasteiger partial charge in [-0.1, -0.05) is 11.6 Å². The molecule has 1 atom stereocenters. The molecule has 1 aliphatic heterocycles. The number of nitrogens with one attached hydrogen (secondary N) is 1. The Labute approximate surface area is 83.1 Å². The molecule has 70 valence electrons. The van der Waals surface area contributed by atoms with Crippen LogP contribution in [0.25, 0.3) is 0 Å². The van der Waals surface area contributed by atoms with Crippen LogP contribution in [0.5, 0.6) is 0 Å². The van der Waals surface area contributed by atoms with E-state index in [2.05, 4.69) is 5.32 Å². The Morgan fingerprint density at radius 3 is 3.08 bits per heavy atom. The van der Waals surface area contributed by atoms with Crippen LogP contribution in [-0.2, 0) is 5.54 Å². The molecule has 0 aliphatic carbocycles. The van der Waals surface area contributed by atoms with Crippen molar-refractivity contribution in [1.82, 2.24) is 0 Å². The zero-order valence-electron chi connectivity index (χ0n) is 7.60. The molecule has 0 aromatic heterocycles. The number of rotatable bonds is 0. The second kappa shape index (κ2) is 2.89. The minimum Gasteiger partial charge on any atom is -0.385 e. The van der Waals surface area contributed by atoms with Crippen molar-refractivity contribution >= 4 is 17.3 Å². The first-order chi connectivity index (χ1) is 6.09. The van der Waals surface area contributed by atoms with Gasteiger partial charge in [-0.15, -0.1) is 0 Å². The highest BCUT2D eigenvalue weighted by atomic mass is 35.5. The molecule has 13 heavy (non-hydrogen) atoms. The molecule has 0 amide bonds. The van der Waals surface area contributed by atoms with Gasteiger partial charge < -0.3 is 11.1 Å². The average molecular weight is 197 g/mol. The lowest BCUT2D eigenvalue weighted by molar-refractivity contribution is 0.455. The summed E-state index contributed by atoms with van der Waals surface area (Å²) in [7, 11) is 0. The molecule has 1 aromatic carbocycles. The summed E-state index contributed by atoms with van der Waals surface area (Å²) in [5.74, 6) is 0. The largest absolute Gasteiger partial charge is 0.385 e. The maximum atomic E-state index is 6.16. The molecule has 0 spiro atoms. The summed E-state index contributed by atoms with van der Waals surface area (Å²) in [5.41, 5.74) is 8.14. The summed E-state index contributed by atoms with van der Waals surface area (Å²) in [5, 5.41) is 4.06. The lowest BCUT2D eigenvalue weighted by Gasteiger charge is -2.33. The summed E-state index contributed by atoms with van der Waals surface area (Å²) in [6, 6.07) is 5.82. The van der Waals surface area contributed by atoms with Gasteiger partial charge in [0.05, 0.1) is 0 Å². The van der Waals surface area contributed by atoms with Crippen LogP contribution in [0.1, 0.15) is 18.9 Å². The maximum absolute atomic E-state index is 6.16. The molecule has 2 rings (SSSR count). The Bertz CT molecular complexity index is 334. The van der Waals surface area contributed by atoms with Crippen LogP contribution >= 0.6 is 11.6 Å². The summed E-state index contributed by atoms with van der Waals surface area (Å²) in [6.07, 6.45) is 0.945. The number of benzene rings is 1. The minimum absolute atomic E-state index is 0.245. The fourth-order valence-electron chi connectivity index (χ4n) is 1.73. The van der Waals surface area contributed by atoms with Crippen LogP contribution in [0, 0.1) is 0 Å². The van der Waals surface area contributed by atoms with Crippen molar-refractivity contribution in [3.8, 4) is 0 Å². The SMILES string of the molecule is CC1(N)CCNc2ccc(Cl)cc21. The summed E-state index contributed by atoms with van der Waals surface area (Å²) in [4.78, 5) is 0. The third kappa shape index (κ3) is 1.52. The topological polar surface area (TPSA) is 38.0 Å². The van der Waals surface area contributed by atoms with E-state index in [9.17, 15) is 0 Å². The number of hydrogen-bond acceptors (Lipinski definition) is 2. The highest BCUT2D eigenvalue weighted by Gasteiger charge is 2.27. The normalized spacial score (nSPS) is 26.4. The second-order valence-electron chi connectivity index (χ2n) is 3.78. The van der Waals surface area contributed by atoms with Gasteiger partial charge in [0, 0.05) is 22.8 Å². The molecule has 2 nitrogen and oxygen atoms in total. The number of nitrogens with two attached hydrogens (primary N) is 1. The zero-order chi connectivity index (χ0) is 9.47. The fraction of sp³-hybridized carbons (Fsp3) is 0.400. The summed E-state index contributed by atoms with van der Waals surface area (Å²) in [6.45, 7) is 2.98. The van der Waals surface area contributed by atoms with Crippen molar-refractivity contribution in [2.45, 2.75) is 18.9 Å². The quantitative estimate of drug-likeness (QED) is 0.669. The summed E-state index contributed by atoms with van der Waals surface area (Å²) < 4.78 is 0. The first-order valence-electron chi connectivity index (χ1n) is 4.42. The second-order valence-corrected chi connectivity index (χ2v) is 4.22. The molecule has 0 fully saturated rings. The standard InChI is InChI=1S/C10H13ClN2/c1-10(12)4-5-13-9-3-2-7(11)6-8(9)10/h2-3,6,13H,4-5,12H2,1H3. The Morgan fingerprint density at radius 1 is 1.54 bits per heavy atom. The summed E-state index contributed by atoms with van der Waals surface area (Å²) >= 11 is 5.92. The number of anilines is 1. The molecule has 0 bridgehead atoms. The molecule has 0 saturated carbocycles. The van der Waals surface area contributed by atoms with E-state index in [4.69, 9.17) is 17.3 Å². The van der Waals surface area contributed by atoms with E-state index in [1.54, 1.807) is 0 Å². The molecule has 3 N–H and O–H groups in total. The molecule has 0 radical (unpaired) electrons. The molecular weight excluding hydrogens is 184 g/mol. The zero-order valence-corrected chi connectivity index (χ0v) is 8.36. The highest BCUT2D eigenvalue weighted by molar-refractivity contribution is 6.30. The number of fused-ring (bicyclic) bond motifs is 1. The lowest BCUT2D eigenvalue weighted by atomic mass is 9.86. The maximum Gasteiger partial charge on any atom is 0.0418 e. The molecule has 1 heterocycles. The van der Waals surface area contributed by atoms with E-state index >= 15 is 0 Å². The van der Waals surface area contributed by atoms with Gasteiger partial charge >= 0.3 is 0 Å². The van der Waals surface area contributed by atoms with Gasteiger partial charge in [-0.3, -0.25) is 0 Å². The van der Waals surface area contributed by atoms with Gasteiger partial charge in [0.1, 0.15) is 0 Å². The third-order valence-electron chi connectivity index (χ3n) is 2.56. The van der Waals surface area contributed by atoms with Gasteiger partial charge in [-0.05, 0) is 37.1 Å². The molecule has 1 aromatic rings. The van der Waals surface area contributed by atoms with Crippen molar-refractivity contribution in [2.24, 2.45) is 5.73 Å². The molecule has 0 saturated heterocycles. The van der Waals surface area contributed by atoms with E-state index in [0.717, 1.165) is 29.2 Å². The van der Waals surface area contributed by atoms with E-state index in [0.29, 0.717) is 0 Å². The van der Waals surface area contributed by atoms with Crippen molar-refractivity contribution in [2.75, 3.05) is 11.9 Å². The van der Waals surface area contributed by atoms with Crippen molar-refractivity contribution in [3.05, 3.63) is 28.8 Å². The Balaban J connectivity index is 2.55. The Hall–Kier alpha value is -0.730. The van der Waals surface area contributed by atoms with Crippen LogP contribution in [0.4, 0.5) is 5.69 Å². The fourth-order valence-corrected chi connectivity index (χ4v) is 1.91. The van der Waals surface area contributed by atoms with Crippen LogP contribution < -0.4 is 11.1 Å². The van der Waals surface area contributed by atoms with E-state index in [1.165, 1.54) is 0 Å². The van der Waals surface area contributed by atoms with E-state index < -0.39 is 0 Å². The van der Waals surface area contributed by atoms with Crippen molar-refractivity contribution in [1.29, 1.82) is 0 Å². The van der Waals surface area contributed by atoms with Crippen LogP contribution in [0.15, 0.2) is 18.2 Å². The first-order valence-corrected chi connectivity index (χ1v) is 4.80. The average Bonchev–Trinajstić information content (AvgIpc) is 2.06. The third-order valence-corrected chi connectivity index (χ3v) is 2.79. The molecule has 1 aliphatic rings. The predicted molar refractivity (Wildman–Crippen MR) is 56.1 cm³/mol. The van der Waals surface area contributed by atoms with Gasteiger partial charge in [-0.2, -0.15) is 0 Å². The van der Waals surface area contributed by atoms with E-state index in [1.807, 2.05) is 25.1 Å². The smallest absolute Gasteiger partial charge is 0.0418 e. The molecular formula is C10H13ClN2. The lowest BCUT2D eigenvalue weighted by Crippen LogP contribution is -2.39. The van der Waals surface area contributed by atoms with E-state index in [-0.39, 0.29) is 5.54 Å². The number of hydrogen-bond donors (Lipinski definition) is 2. The predicted octanol–water partition coefficient (Wildman–Crippen LogP) is 2.33. The molecule has 1 unspecified atom stereocenters. The monoisotopic (exact) mass is 196 g/mol. The highest BCUT2D eigenvalue weighted by Crippen LogP contribution is 2.34. The Morgan fingerprint density at radius 2 is 2.31 bits per heavy atom. The number of halogens is 1. The first kappa shape index (κ1) is 8.85. The van der Waals surface area contributed by atoms with Crippen molar-refractivity contribution < 1.29 is 0 Å². The van der Waals surface area contributed by atoms with Gasteiger partial charge in [0.2, 0.25) is 0 Å².